The van der Waals surface area contributed by atoms with E-state index in [2.05, 4.69) is 60.7 Å². The second kappa shape index (κ2) is 5.72. The maximum Gasteiger partial charge on any atom is 0.0946 e. The normalized spacial score (nSPS) is 38.7. The van der Waals surface area contributed by atoms with E-state index in [1.165, 1.54) is 39.3 Å². The number of piperazine rings is 1. The fraction of sp³-hybridized carbons (Fsp3) is 1.00. The molecule has 0 N–H and O–H groups in total. The van der Waals surface area contributed by atoms with E-state index in [1.54, 1.807) is 0 Å². The summed E-state index contributed by atoms with van der Waals surface area (Å²) in [6, 6.07) is 1.99. The lowest BCUT2D eigenvalue weighted by molar-refractivity contribution is -0.00533. The Hall–Kier alpha value is 0.270. The van der Waals surface area contributed by atoms with Crippen molar-refractivity contribution in [2.24, 2.45) is 0 Å². The Labute approximate surface area is 132 Å². The smallest absolute Gasteiger partial charge is 0.0946 e. The molecular formula is C16H33N4P. The van der Waals surface area contributed by atoms with Crippen LogP contribution in [0.1, 0.15) is 41.5 Å². The molecule has 3 heterocycles. The topological polar surface area (TPSA) is 13.0 Å². The minimum absolute atomic E-state index is 0.185. The minimum Gasteiger partial charge on any atom is -0.298 e. The highest BCUT2D eigenvalue weighted by atomic mass is 31.1. The molecule has 0 saturated carbocycles. The van der Waals surface area contributed by atoms with E-state index in [0.29, 0.717) is 23.4 Å². The van der Waals surface area contributed by atoms with Gasteiger partial charge < -0.3 is 0 Å². The van der Waals surface area contributed by atoms with Gasteiger partial charge >= 0.3 is 0 Å². The summed E-state index contributed by atoms with van der Waals surface area (Å²) in [5.41, 5.74) is 0. The first-order chi connectivity index (χ1) is 9.86. The molecule has 3 saturated heterocycles. The van der Waals surface area contributed by atoms with Crippen molar-refractivity contribution in [3.05, 3.63) is 0 Å². The first-order valence-corrected chi connectivity index (χ1v) is 9.94. The standard InChI is InChI=1S/C16H33N4P/c1-13(2)18-9-7-17-8-10-19(14(3)4)21-16(18,11-17)12-20(21)15(5)6/h13-15H,7-12H2,1-6H3. The summed E-state index contributed by atoms with van der Waals surface area (Å²) >= 11 is 0. The average Bonchev–Trinajstić information content (AvgIpc) is 2.47. The van der Waals surface area contributed by atoms with Crippen LogP contribution >= 0.6 is 8.22 Å². The van der Waals surface area contributed by atoms with Crippen LogP contribution in [0.4, 0.5) is 0 Å². The van der Waals surface area contributed by atoms with Crippen molar-refractivity contribution in [2.75, 3.05) is 39.3 Å². The molecule has 2 bridgehead atoms. The van der Waals surface area contributed by atoms with E-state index >= 15 is 0 Å². The zero-order chi connectivity index (χ0) is 15.4. The van der Waals surface area contributed by atoms with Crippen LogP contribution in [-0.2, 0) is 0 Å². The fourth-order valence-electron chi connectivity index (χ4n) is 4.39. The van der Waals surface area contributed by atoms with Crippen LogP contribution in [0.15, 0.2) is 0 Å². The lowest BCUT2D eigenvalue weighted by Crippen LogP contribution is -2.73. The van der Waals surface area contributed by atoms with Crippen LogP contribution in [-0.4, -0.2) is 81.8 Å². The Kier molecular flexibility index (Phi) is 4.40. The molecule has 0 aliphatic carbocycles. The highest BCUT2D eigenvalue weighted by Gasteiger charge is 2.62. The average molecular weight is 312 g/mol. The van der Waals surface area contributed by atoms with Gasteiger partial charge in [0.15, 0.2) is 0 Å². The first-order valence-electron chi connectivity index (χ1n) is 8.69. The van der Waals surface area contributed by atoms with Gasteiger partial charge in [-0.1, -0.05) is 0 Å². The largest absolute Gasteiger partial charge is 0.298 e. The second-order valence-electron chi connectivity index (χ2n) is 7.78. The predicted octanol–water partition coefficient (Wildman–Crippen LogP) is 2.47. The third-order valence-corrected chi connectivity index (χ3v) is 8.93. The molecule has 3 atom stereocenters. The summed E-state index contributed by atoms with van der Waals surface area (Å²) in [6.07, 6.45) is 0. The van der Waals surface area contributed by atoms with Crippen molar-refractivity contribution in [2.45, 2.75) is 64.9 Å². The Morgan fingerprint density at radius 1 is 0.714 bits per heavy atom. The maximum absolute atomic E-state index is 2.84. The van der Waals surface area contributed by atoms with Gasteiger partial charge in [0.25, 0.3) is 0 Å². The molecule has 3 aliphatic heterocycles. The molecule has 0 aromatic carbocycles. The van der Waals surface area contributed by atoms with Crippen molar-refractivity contribution in [3.63, 3.8) is 0 Å². The molecule has 3 rings (SSSR count). The highest BCUT2D eigenvalue weighted by Crippen LogP contribution is 2.68. The maximum atomic E-state index is 2.84. The molecule has 3 fully saturated rings. The van der Waals surface area contributed by atoms with Crippen LogP contribution in [0.5, 0.6) is 0 Å². The van der Waals surface area contributed by atoms with E-state index in [9.17, 15) is 0 Å². The van der Waals surface area contributed by atoms with Crippen molar-refractivity contribution in [1.29, 1.82) is 0 Å². The molecule has 0 radical (unpaired) electrons. The summed E-state index contributed by atoms with van der Waals surface area (Å²) in [4.78, 5) is 5.57. The molecule has 0 aromatic heterocycles. The lowest BCUT2D eigenvalue weighted by atomic mass is 10.1. The quantitative estimate of drug-likeness (QED) is 0.742. The molecule has 21 heavy (non-hydrogen) atoms. The SMILES string of the molecule is CC(C)N1CCN2CCN(C(C)C)C3(C2)CN(C(C)C)P13. The predicted molar refractivity (Wildman–Crippen MR) is 91.6 cm³/mol. The van der Waals surface area contributed by atoms with Gasteiger partial charge in [0.05, 0.1) is 13.5 Å². The first kappa shape index (κ1) is 16.1. The third kappa shape index (κ3) is 2.48. The van der Waals surface area contributed by atoms with Gasteiger partial charge in [-0.15, -0.1) is 0 Å². The van der Waals surface area contributed by atoms with Gasteiger partial charge in [0, 0.05) is 57.4 Å². The summed E-state index contributed by atoms with van der Waals surface area (Å²) in [7, 11) is -0.185. The van der Waals surface area contributed by atoms with E-state index in [1.807, 2.05) is 0 Å². The van der Waals surface area contributed by atoms with Crippen LogP contribution in [0, 0.1) is 0 Å². The number of hydrogen-bond acceptors (Lipinski definition) is 4. The van der Waals surface area contributed by atoms with Crippen LogP contribution in [0.25, 0.3) is 0 Å². The van der Waals surface area contributed by atoms with Crippen molar-refractivity contribution in [1.82, 2.24) is 19.1 Å². The van der Waals surface area contributed by atoms with Crippen molar-refractivity contribution < 1.29 is 0 Å². The van der Waals surface area contributed by atoms with E-state index in [4.69, 9.17) is 0 Å². The van der Waals surface area contributed by atoms with Crippen LogP contribution < -0.4 is 0 Å². The van der Waals surface area contributed by atoms with E-state index < -0.39 is 0 Å². The molecule has 1 spiro atoms. The molecule has 4 nitrogen and oxygen atoms in total. The molecule has 5 heteroatoms. The summed E-state index contributed by atoms with van der Waals surface area (Å²) in [6.45, 7) is 21.9. The highest BCUT2D eigenvalue weighted by molar-refractivity contribution is 7.56. The number of nitrogens with zero attached hydrogens (tertiary/aromatic N) is 4. The Morgan fingerprint density at radius 3 is 1.90 bits per heavy atom. The van der Waals surface area contributed by atoms with Gasteiger partial charge in [0.2, 0.25) is 0 Å². The number of fused-ring (bicyclic) bond motifs is 1. The monoisotopic (exact) mass is 312 g/mol. The number of hydrogen-bond donors (Lipinski definition) is 0. The molecular weight excluding hydrogens is 279 g/mol. The van der Waals surface area contributed by atoms with Gasteiger partial charge in [-0.3, -0.25) is 19.1 Å². The molecule has 122 valence electrons. The lowest BCUT2D eigenvalue weighted by Gasteiger charge is -2.67. The van der Waals surface area contributed by atoms with Gasteiger partial charge in [0.1, 0.15) is 0 Å². The molecule has 3 aliphatic rings. The minimum atomic E-state index is -0.185. The zero-order valence-electron chi connectivity index (χ0n) is 14.7. The Balaban J connectivity index is 1.97. The van der Waals surface area contributed by atoms with Crippen molar-refractivity contribution >= 4 is 8.22 Å². The summed E-state index contributed by atoms with van der Waals surface area (Å²) in [5.74, 6) is 0. The van der Waals surface area contributed by atoms with Crippen LogP contribution in [0.3, 0.4) is 0 Å². The van der Waals surface area contributed by atoms with Gasteiger partial charge in [-0.25, -0.2) is 0 Å². The summed E-state index contributed by atoms with van der Waals surface area (Å²) < 4.78 is 5.62. The van der Waals surface area contributed by atoms with Crippen LogP contribution in [0.2, 0.25) is 0 Å². The third-order valence-electron chi connectivity index (χ3n) is 5.40. The second-order valence-corrected chi connectivity index (χ2v) is 10.2. The van der Waals surface area contributed by atoms with Gasteiger partial charge in [-0.05, 0) is 41.5 Å². The van der Waals surface area contributed by atoms with E-state index in [0.717, 1.165) is 0 Å². The van der Waals surface area contributed by atoms with Crippen molar-refractivity contribution in [3.8, 4) is 0 Å². The Bertz CT molecular complexity index is 386. The molecule has 3 unspecified atom stereocenters. The molecule has 0 aromatic rings. The fourth-order valence-corrected chi connectivity index (χ4v) is 8.09. The zero-order valence-corrected chi connectivity index (χ0v) is 15.6. The molecule has 0 amide bonds. The van der Waals surface area contributed by atoms with E-state index in [-0.39, 0.29) is 8.22 Å². The Morgan fingerprint density at radius 2 is 1.33 bits per heavy atom. The number of rotatable bonds is 3. The summed E-state index contributed by atoms with van der Waals surface area (Å²) in [5, 5.41) is 0.423. The van der Waals surface area contributed by atoms with Gasteiger partial charge in [-0.2, -0.15) is 0 Å².